The van der Waals surface area contributed by atoms with E-state index in [1.807, 2.05) is 0 Å². The first-order valence-electron chi connectivity index (χ1n) is 6.98. The molecule has 9 heteroatoms. The molecule has 124 valence electrons. The first-order valence-corrected chi connectivity index (χ1v) is 7.79. The van der Waals surface area contributed by atoms with Gasteiger partial charge in [0.1, 0.15) is 5.75 Å². The molecule has 1 amide bonds. The van der Waals surface area contributed by atoms with Crippen molar-refractivity contribution >= 4 is 32.6 Å². The third-order valence-electron chi connectivity index (χ3n) is 3.70. The fourth-order valence-corrected chi connectivity index (χ4v) is 3.36. The van der Waals surface area contributed by atoms with Gasteiger partial charge in [0.25, 0.3) is 0 Å². The lowest BCUT2D eigenvalue weighted by molar-refractivity contribution is -0.274. The monoisotopic (exact) mass is 345 g/mol. The van der Waals surface area contributed by atoms with E-state index in [1.54, 1.807) is 0 Å². The first-order chi connectivity index (χ1) is 10.7. The SMILES string of the molecule is NC1(CC(=O)Nc2nc3ccc(OC(F)(F)F)cc3s2)CCC1. The van der Waals surface area contributed by atoms with Gasteiger partial charge in [0.2, 0.25) is 5.91 Å². The number of halogens is 3. The number of aromatic nitrogens is 1. The highest BCUT2D eigenvalue weighted by molar-refractivity contribution is 7.22. The maximum Gasteiger partial charge on any atom is 0.573 e. The molecule has 23 heavy (non-hydrogen) atoms. The zero-order valence-corrected chi connectivity index (χ0v) is 12.8. The van der Waals surface area contributed by atoms with Crippen LogP contribution in [-0.4, -0.2) is 22.8 Å². The van der Waals surface area contributed by atoms with Gasteiger partial charge in [0.15, 0.2) is 5.13 Å². The van der Waals surface area contributed by atoms with E-state index in [0.717, 1.165) is 30.6 Å². The van der Waals surface area contributed by atoms with Crippen LogP contribution in [0, 0.1) is 0 Å². The molecule has 5 nitrogen and oxygen atoms in total. The Kier molecular flexibility index (Phi) is 3.93. The smallest absolute Gasteiger partial charge is 0.406 e. The van der Waals surface area contributed by atoms with Crippen molar-refractivity contribution in [3.63, 3.8) is 0 Å². The van der Waals surface area contributed by atoms with Crippen molar-refractivity contribution in [2.45, 2.75) is 37.6 Å². The van der Waals surface area contributed by atoms with Crippen LogP contribution < -0.4 is 15.8 Å². The molecular weight excluding hydrogens is 331 g/mol. The number of alkyl halides is 3. The molecule has 1 aromatic heterocycles. The minimum absolute atomic E-state index is 0.214. The van der Waals surface area contributed by atoms with Crippen LogP contribution in [0.2, 0.25) is 0 Å². The molecule has 2 aromatic rings. The predicted molar refractivity (Wildman–Crippen MR) is 80.3 cm³/mol. The molecule has 0 atom stereocenters. The van der Waals surface area contributed by atoms with Gasteiger partial charge >= 0.3 is 6.36 Å². The third kappa shape index (κ3) is 3.91. The Balaban J connectivity index is 1.71. The molecule has 0 unspecified atom stereocenters. The second-order valence-electron chi connectivity index (χ2n) is 5.64. The van der Waals surface area contributed by atoms with Crippen molar-refractivity contribution in [1.82, 2.24) is 4.98 Å². The number of thiazole rings is 1. The van der Waals surface area contributed by atoms with Crippen LogP contribution >= 0.6 is 11.3 Å². The van der Waals surface area contributed by atoms with Gasteiger partial charge in [-0.2, -0.15) is 0 Å². The Morgan fingerprint density at radius 2 is 2.17 bits per heavy atom. The molecule has 0 saturated heterocycles. The average Bonchev–Trinajstić information content (AvgIpc) is 2.76. The standard InChI is InChI=1S/C14H14F3N3O2S/c15-14(16,17)22-8-2-3-9-10(6-8)23-12(19-9)20-11(21)7-13(18)4-1-5-13/h2-3,6H,1,4-5,7,18H2,(H,19,20,21). The minimum atomic E-state index is -4.74. The molecule has 1 aliphatic carbocycles. The largest absolute Gasteiger partial charge is 0.573 e. The quantitative estimate of drug-likeness (QED) is 0.890. The van der Waals surface area contributed by atoms with Gasteiger partial charge in [0.05, 0.1) is 10.2 Å². The predicted octanol–water partition coefficient (Wildman–Crippen LogP) is 3.40. The summed E-state index contributed by atoms with van der Waals surface area (Å²) in [6.45, 7) is 0. The van der Waals surface area contributed by atoms with Crippen LogP contribution in [0.5, 0.6) is 5.75 Å². The Morgan fingerprint density at radius 1 is 1.43 bits per heavy atom. The van der Waals surface area contributed by atoms with E-state index in [4.69, 9.17) is 5.73 Å². The van der Waals surface area contributed by atoms with E-state index in [1.165, 1.54) is 18.2 Å². The summed E-state index contributed by atoms with van der Waals surface area (Å²) in [4.78, 5) is 16.1. The van der Waals surface area contributed by atoms with E-state index in [-0.39, 0.29) is 18.1 Å². The van der Waals surface area contributed by atoms with Gasteiger partial charge in [-0.1, -0.05) is 11.3 Å². The summed E-state index contributed by atoms with van der Waals surface area (Å²) in [5.74, 6) is -0.556. The van der Waals surface area contributed by atoms with Crippen molar-refractivity contribution in [3.8, 4) is 5.75 Å². The van der Waals surface area contributed by atoms with Crippen LogP contribution in [0.15, 0.2) is 18.2 Å². The first kappa shape index (κ1) is 16.0. The number of hydrogen-bond acceptors (Lipinski definition) is 5. The van der Waals surface area contributed by atoms with Gasteiger partial charge in [-0.25, -0.2) is 4.98 Å². The lowest BCUT2D eigenvalue weighted by Crippen LogP contribution is -2.48. The number of nitrogens with one attached hydrogen (secondary N) is 1. The fourth-order valence-electron chi connectivity index (χ4n) is 2.45. The number of amides is 1. The molecule has 3 rings (SSSR count). The summed E-state index contributed by atoms with van der Waals surface area (Å²) in [7, 11) is 0. The number of carbonyl (C=O) groups excluding carboxylic acids is 1. The Hall–Kier alpha value is -1.87. The van der Waals surface area contributed by atoms with Crippen molar-refractivity contribution in [2.75, 3.05) is 5.32 Å². The number of ether oxygens (including phenoxy) is 1. The van der Waals surface area contributed by atoms with Gasteiger partial charge < -0.3 is 15.8 Å². The number of fused-ring (bicyclic) bond motifs is 1. The molecule has 0 spiro atoms. The lowest BCUT2D eigenvalue weighted by atomic mass is 9.75. The van der Waals surface area contributed by atoms with Gasteiger partial charge in [0, 0.05) is 18.0 Å². The Labute approximate surface area is 133 Å². The lowest BCUT2D eigenvalue weighted by Gasteiger charge is -2.37. The number of hydrogen-bond donors (Lipinski definition) is 2. The summed E-state index contributed by atoms with van der Waals surface area (Å²) in [6, 6.07) is 3.84. The molecule has 0 bridgehead atoms. The van der Waals surface area contributed by atoms with Gasteiger partial charge in [-0.3, -0.25) is 4.79 Å². The molecule has 0 aliphatic heterocycles. The molecule has 3 N–H and O–H groups in total. The van der Waals surface area contributed by atoms with Crippen molar-refractivity contribution in [2.24, 2.45) is 5.73 Å². The molecule has 1 fully saturated rings. The van der Waals surface area contributed by atoms with Gasteiger partial charge in [-0.05, 0) is 31.4 Å². The number of carbonyl (C=O) groups is 1. The summed E-state index contributed by atoms with van der Waals surface area (Å²) >= 11 is 1.09. The zero-order valence-electron chi connectivity index (χ0n) is 11.9. The van der Waals surface area contributed by atoms with Crippen LogP contribution in [0.4, 0.5) is 18.3 Å². The molecule has 1 saturated carbocycles. The maximum absolute atomic E-state index is 12.2. The summed E-state index contributed by atoms with van der Waals surface area (Å²) in [5.41, 5.74) is 6.07. The number of nitrogens with two attached hydrogens (primary N) is 1. The Morgan fingerprint density at radius 3 is 2.78 bits per heavy atom. The molecule has 1 heterocycles. The van der Waals surface area contributed by atoms with E-state index in [0.29, 0.717) is 15.3 Å². The number of nitrogens with zero attached hydrogens (tertiary/aromatic N) is 1. The molecule has 1 aromatic carbocycles. The maximum atomic E-state index is 12.2. The average molecular weight is 345 g/mol. The van der Waals surface area contributed by atoms with Crippen LogP contribution in [-0.2, 0) is 4.79 Å². The topological polar surface area (TPSA) is 77.2 Å². The summed E-state index contributed by atoms with van der Waals surface area (Å²) in [5, 5.41) is 2.98. The van der Waals surface area contributed by atoms with Crippen molar-refractivity contribution in [1.29, 1.82) is 0 Å². The normalized spacial score (nSPS) is 16.9. The highest BCUT2D eigenvalue weighted by Gasteiger charge is 2.35. The summed E-state index contributed by atoms with van der Waals surface area (Å²) in [6.07, 6.45) is -1.87. The van der Waals surface area contributed by atoms with E-state index >= 15 is 0 Å². The third-order valence-corrected chi connectivity index (χ3v) is 4.64. The highest BCUT2D eigenvalue weighted by Crippen LogP contribution is 2.34. The van der Waals surface area contributed by atoms with E-state index in [2.05, 4.69) is 15.0 Å². The number of benzene rings is 1. The van der Waals surface area contributed by atoms with Crippen molar-refractivity contribution < 1.29 is 22.7 Å². The summed E-state index contributed by atoms with van der Waals surface area (Å²) < 4.78 is 41.0. The Bertz CT molecular complexity index is 740. The molecular formula is C14H14F3N3O2S. The zero-order chi connectivity index (χ0) is 16.7. The second kappa shape index (κ2) is 5.64. The molecule has 1 aliphatic rings. The van der Waals surface area contributed by atoms with Crippen LogP contribution in [0.3, 0.4) is 0 Å². The van der Waals surface area contributed by atoms with E-state index in [9.17, 15) is 18.0 Å². The van der Waals surface area contributed by atoms with Gasteiger partial charge in [-0.15, -0.1) is 13.2 Å². The van der Waals surface area contributed by atoms with Crippen LogP contribution in [0.25, 0.3) is 10.2 Å². The fraction of sp³-hybridized carbons (Fsp3) is 0.429. The highest BCUT2D eigenvalue weighted by atomic mass is 32.1. The van der Waals surface area contributed by atoms with E-state index < -0.39 is 11.9 Å². The molecule has 0 radical (unpaired) electrons. The number of rotatable bonds is 4. The van der Waals surface area contributed by atoms with Crippen LogP contribution in [0.1, 0.15) is 25.7 Å². The van der Waals surface area contributed by atoms with Crippen molar-refractivity contribution in [3.05, 3.63) is 18.2 Å². The second-order valence-corrected chi connectivity index (χ2v) is 6.67. The number of anilines is 1. The minimum Gasteiger partial charge on any atom is -0.406 e.